The highest BCUT2D eigenvalue weighted by atomic mass is 32.4. The van der Waals surface area contributed by atoms with Crippen molar-refractivity contribution in [2.24, 2.45) is 0 Å². The highest BCUT2D eigenvalue weighted by Gasteiger charge is 2.55. The van der Waals surface area contributed by atoms with Gasteiger partial charge in [-0.1, -0.05) is 34.8 Å². The van der Waals surface area contributed by atoms with E-state index >= 15 is 4.39 Å². The van der Waals surface area contributed by atoms with Crippen molar-refractivity contribution in [2.45, 2.75) is 50.9 Å². The first-order valence-corrected chi connectivity index (χ1v) is 14.6. The molecule has 3 heterocycles. The number of para-hydroxylation sites is 1. The van der Waals surface area contributed by atoms with Crippen LogP contribution < -0.4 is 15.9 Å². The third-order valence-electron chi connectivity index (χ3n) is 6.12. The molecule has 4 N–H and O–H groups in total. The number of aliphatic hydroxyl groups excluding tert-OH is 1. The van der Waals surface area contributed by atoms with Gasteiger partial charge in [0.2, 0.25) is 5.95 Å². The molecule has 0 radical (unpaired) electrons. The number of nitrogens with two attached hydrogens (primary N) is 1. The van der Waals surface area contributed by atoms with Gasteiger partial charge < -0.3 is 35.0 Å². The number of nitrogens with one attached hydrogen (secondary N) is 1. The van der Waals surface area contributed by atoms with E-state index in [2.05, 4.69) is 20.3 Å². The molecule has 3 aromatic rings. The zero-order chi connectivity index (χ0) is 28.3. The minimum atomic E-state index is -2.44. The van der Waals surface area contributed by atoms with Crippen LogP contribution in [0.3, 0.4) is 0 Å². The third kappa shape index (κ3) is 5.98. The van der Waals surface area contributed by atoms with Gasteiger partial charge in [0.05, 0.1) is 19.5 Å². The summed E-state index contributed by atoms with van der Waals surface area (Å²) in [5, 5.41) is 13.7. The number of halogens is 1. The summed E-state index contributed by atoms with van der Waals surface area (Å²) < 4.78 is 34.1. The number of esters is 1. The molecule has 0 aliphatic carbocycles. The molecule has 1 aliphatic rings. The summed E-state index contributed by atoms with van der Waals surface area (Å²) in [7, 11) is -0.795. The summed E-state index contributed by atoms with van der Waals surface area (Å²) in [6.07, 6.45) is -2.65. The molecule has 1 unspecified atom stereocenters. The number of anilines is 2. The molecule has 4 rings (SSSR count). The Labute approximate surface area is 229 Å². The molecule has 39 heavy (non-hydrogen) atoms. The zero-order valence-electron chi connectivity index (χ0n) is 21.8. The largest absolute Gasteiger partial charge is 0.465 e. The van der Waals surface area contributed by atoms with E-state index in [0.29, 0.717) is 17.1 Å². The number of benzene rings is 1. The van der Waals surface area contributed by atoms with Crippen molar-refractivity contribution < 1.29 is 33.1 Å². The van der Waals surface area contributed by atoms with Gasteiger partial charge >= 0.3 is 5.97 Å². The topological polar surface area (TPSA) is 159 Å². The van der Waals surface area contributed by atoms with E-state index in [1.165, 1.54) is 22.7 Å². The van der Waals surface area contributed by atoms with Crippen molar-refractivity contribution >= 4 is 47.8 Å². The molecule has 0 bridgehead atoms. The Morgan fingerprint density at radius 2 is 2.13 bits per heavy atom. The minimum absolute atomic E-state index is 0.0415. The summed E-state index contributed by atoms with van der Waals surface area (Å²) in [6.45, 7) is 4.38. The van der Waals surface area contributed by atoms with Gasteiger partial charge in [-0.05, 0) is 32.9 Å². The number of aromatic nitrogens is 4. The van der Waals surface area contributed by atoms with E-state index in [1.54, 1.807) is 45.2 Å². The van der Waals surface area contributed by atoms with Crippen LogP contribution in [0.5, 0.6) is 5.75 Å². The van der Waals surface area contributed by atoms with Gasteiger partial charge in [-0.2, -0.15) is 9.97 Å². The summed E-state index contributed by atoms with van der Waals surface area (Å²) in [6, 6.07) is 7.85. The van der Waals surface area contributed by atoms with E-state index in [-0.39, 0.29) is 24.8 Å². The first kappa shape index (κ1) is 29.1. The summed E-state index contributed by atoms with van der Waals surface area (Å²) >= 11 is 5.57. The molecule has 1 aromatic carbocycles. The highest BCUT2D eigenvalue weighted by molar-refractivity contribution is 8.01. The number of nitrogens with zero attached hydrogens (tertiary/aromatic N) is 5. The normalized spacial score (nSPS) is 24.5. The minimum Gasteiger partial charge on any atom is -0.465 e. The van der Waals surface area contributed by atoms with Crippen LogP contribution >= 0.6 is 7.07 Å². The molecule has 1 aliphatic heterocycles. The maximum atomic E-state index is 15.9. The maximum absolute atomic E-state index is 15.9. The van der Waals surface area contributed by atoms with Crippen molar-refractivity contribution in [1.82, 2.24) is 24.4 Å². The van der Waals surface area contributed by atoms with Gasteiger partial charge in [0.1, 0.15) is 24.0 Å². The molecule has 1 fully saturated rings. The van der Waals surface area contributed by atoms with E-state index in [1.807, 2.05) is 6.07 Å². The van der Waals surface area contributed by atoms with Gasteiger partial charge in [-0.15, -0.1) is 0 Å². The van der Waals surface area contributed by atoms with Gasteiger partial charge in [-0.25, -0.2) is 9.37 Å². The Hall–Kier alpha value is -2.94. The Morgan fingerprint density at radius 3 is 2.79 bits per heavy atom. The Balaban J connectivity index is 1.52. The van der Waals surface area contributed by atoms with Gasteiger partial charge in [0.15, 0.2) is 36.0 Å². The SMILES string of the molecule is CCOC(=O)[C@@H](C)N(Oc1ccccc1)[PH](=S)OC[C@H]1O[C@@H](n2cnc3c(NC)nc(N)nc32)[C@](C)(F)[C@@H]1O. The molecule has 2 aromatic heterocycles. The third-order valence-corrected chi connectivity index (χ3v) is 8.27. The molecule has 1 saturated heterocycles. The molecule has 0 saturated carbocycles. The standard InChI is InChI=1S/C23H31FN7O6PS/c1-5-34-20(33)13(2)31(37-14-9-7-6-8-10-14)38(39)35-11-15-17(32)23(3,24)21(36-15)30-12-27-16-18(26-4)28-22(25)29-19(16)30/h6-10,12-13,15,17,21,32,38H,5,11H2,1-4H3,(H3,25,26,28,29)/t13-,15-,17-,21-,23-/m1/s1. The molecule has 13 nitrogen and oxygen atoms in total. The number of carbonyl (C=O) groups excluding carboxylic acids is 1. The lowest BCUT2D eigenvalue weighted by Crippen LogP contribution is -2.41. The lowest BCUT2D eigenvalue weighted by Gasteiger charge is -2.28. The van der Waals surface area contributed by atoms with Crippen LogP contribution in [0.1, 0.15) is 27.0 Å². The quantitative estimate of drug-likeness (QED) is 0.171. The average Bonchev–Trinajstić information content (AvgIpc) is 3.43. The Morgan fingerprint density at radius 1 is 1.41 bits per heavy atom. The summed E-state index contributed by atoms with van der Waals surface area (Å²) in [5.41, 5.74) is 4.15. The van der Waals surface area contributed by atoms with Crippen LogP contribution in [0.15, 0.2) is 36.7 Å². The fraction of sp³-hybridized carbons (Fsp3) is 0.478. The number of ether oxygens (including phenoxy) is 2. The van der Waals surface area contributed by atoms with Crippen molar-refractivity contribution in [3.8, 4) is 5.75 Å². The molecular formula is C23H31FN7O6PS. The number of hydroxylamine groups is 1. The summed E-state index contributed by atoms with van der Waals surface area (Å²) in [5.74, 6) is 0.211. The van der Waals surface area contributed by atoms with E-state index < -0.39 is 43.2 Å². The molecule has 6 atom stereocenters. The number of fused-ring (bicyclic) bond motifs is 1. The van der Waals surface area contributed by atoms with Crippen molar-refractivity contribution in [2.75, 3.05) is 31.3 Å². The first-order chi connectivity index (χ1) is 18.6. The number of carbonyl (C=O) groups is 1. The molecular weight excluding hydrogens is 552 g/mol. The second-order valence-corrected chi connectivity index (χ2v) is 11.2. The fourth-order valence-corrected chi connectivity index (χ4v) is 5.90. The lowest BCUT2D eigenvalue weighted by atomic mass is 9.98. The van der Waals surface area contributed by atoms with Gasteiger partial charge in [-0.3, -0.25) is 9.36 Å². The first-order valence-electron chi connectivity index (χ1n) is 12.1. The number of alkyl halides is 1. The van der Waals surface area contributed by atoms with Crippen LogP contribution in [-0.4, -0.2) is 79.6 Å². The van der Waals surface area contributed by atoms with E-state index in [0.717, 1.165) is 0 Å². The van der Waals surface area contributed by atoms with E-state index in [9.17, 15) is 9.90 Å². The number of rotatable bonds is 11. The summed E-state index contributed by atoms with van der Waals surface area (Å²) in [4.78, 5) is 32.1. The number of nitrogen functional groups attached to an aromatic ring is 1. The van der Waals surface area contributed by atoms with Crippen molar-refractivity contribution in [3.63, 3.8) is 0 Å². The smallest absolute Gasteiger partial charge is 0.327 e. The second-order valence-electron chi connectivity index (χ2n) is 8.86. The Bertz CT molecular complexity index is 1330. The van der Waals surface area contributed by atoms with Crippen LogP contribution in [0.2, 0.25) is 0 Å². The lowest BCUT2D eigenvalue weighted by molar-refractivity contribution is -0.154. The van der Waals surface area contributed by atoms with E-state index in [4.69, 9.17) is 36.4 Å². The predicted octanol–water partition coefficient (Wildman–Crippen LogP) is 2.21. The predicted molar refractivity (Wildman–Crippen MR) is 145 cm³/mol. The van der Waals surface area contributed by atoms with Crippen LogP contribution in [0.4, 0.5) is 16.2 Å². The number of aliphatic hydroxyl groups is 1. The average molecular weight is 584 g/mol. The molecule has 16 heteroatoms. The van der Waals surface area contributed by atoms with Crippen LogP contribution in [0, 0.1) is 0 Å². The van der Waals surface area contributed by atoms with Gasteiger partial charge in [0, 0.05) is 7.05 Å². The van der Waals surface area contributed by atoms with Gasteiger partial charge in [0.25, 0.3) is 0 Å². The number of hydrogen-bond donors (Lipinski definition) is 3. The van der Waals surface area contributed by atoms with Crippen molar-refractivity contribution in [1.29, 1.82) is 0 Å². The Kier molecular flexibility index (Phi) is 8.99. The monoisotopic (exact) mass is 583 g/mol. The van der Waals surface area contributed by atoms with Crippen LogP contribution in [0.25, 0.3) is 11.2 Å². The van der Waals surface area contributed by atoms with Crippen LogP contribution in [-0.2, 0) is 30.6 Å². The number of imidazole rings is 1. The number of hydrogen-bond acceptors (Lipinski definition) is 12. The highest BCUT2D eigenvalue weighted by Crippen LogP contribution is 2.44. The zero-order valence-corrected chi connectivity index (χ0v) is 23.6. The molecule has 0 amide bonds. The van der Waals surface area contributed by atoms with Crippen molar-refractivity contribution in [3.05, 3.63) is 36.7 Å². The maximum Gasteiger partial charge on any atom is 0.327 e. The fourth-order valence-electron chi connectivity index (χ4n) is 4.07. The molecule has 0 spiro atoms. The second kappa shape index (κ2) is 12.1. The molecule has 212 valence electrons.